The molecule has 25 heavy (non-hydrogen) atoms. The summed E-state index contributed by atoms with van der Waals surface area (Å²) in [6.07, 6.45) is 4.83. The third kappa shape index (κ3) is 3.48. The summed E-state index contributed by atoms with van der Waals surface area (Å²) in [7, 11) is 1.92. The molecule has 0 bridgehead atoms. The number of hydrogen-bond donors (Lipinski definition) is 1. The van der Waals surface area contributed by atoms with E-state index in [4.69, 9.17) is 0 Å². The van der Waals surface area contributed by atoms with Crippen molar-refractivity contribution in [2.75, 3.05) is 19.6 Å². The monoisotopic (exact) mass is 424 g/mol. The largest absolute Gasteiger partial charge is 0.338 e. The fraction of sp³-hybridized carbons (Fsp3) is 0.444. The molecule has 4 rings (SSSR count). The van der Waals surface area contributed by atoms with Gasteiger partial charge in [-0.15, -0.1) is 12.4 Å². The molecule has 134 valence electrons. The molecule has 1 aromatic carbocycles. The molecule has 1 N–H and O–H groups in total. The second-order valence-electron chi connectivity index (χ2n) is 6.71. The maximum atomic E-state index is 13.1. The van der Waals surface area contributed by atoms with Gasteiger partial charge >= 0.3 is 0 Å². The van der Waals surface area contributed by atoms with Crippen LogP contribution in [0.4, 0.5) is 0 Å². The van der Waals surface area contributed by atoms with Crippen LogP contribution in [-0.4, -0.2) is 40.2 Å². The van der Waals surface area contributed by atoms with E-state index in [0.717, 1.165) is 36.1 Å². The topological polar surface area (TPSA) is 50.2 Å². The summed E-state index contributed by atoms with van der Waals surface area (Å²) < 4.78 is 2.96. The van der Waals surface area contributed by atoms with Crippen LogP contribution in [0.15, 0.2) is 35.1 Å². The highest BCUT2D eigenvalue weighted by Crippen LogP contribution is 2.32. The van der Waals surface area contributed by atoms with Crippen molar-refractivity contribution in [1.29, 1.82) is 0 Å². The number of amides is 1. The van der Waals surface area contributed by atoms with E-state index in [-0.39, 0.29) is 30.2 Å². The Balaban J connectivity index is 0.00000182. The average molecular weight is 426 g/mol. The lowest BCUT2D eigenvalue weighted by Crippen LogP contribution is -2.41. The molecule has 2 aromatic rings. The van der Waals surface area contributed by atoms with Crippen LogP contribution in [0.5, 0.6) is 0 Å². The van der Waals surface area contributed by atoms with Crippen LogP contribution in [0.1, 0.15) is 22.6 Å². The highest BCUT2D eigenvalue weighted by Gasteiger charge is 2.37. The second-order valence-corrected chi connectivity index (χ2v) is 7.56. The van der Waals surface area contributed by atoms with Crippen molar-refractivity contribution in [2.45, 2.75) is 18.9 Å². The molecule has 1 amide bonds. The van der Waals surface area contributed by atoms with Crippen LogP contribution >= 0.6 is 28.3 Å². The minimum atomic E-state index is 0. The van der Waals surface area contributed by atoms with Crippen molar-refractivity contribution in [1.82, 2.24) is 20.0 Å². The number of hydrogen-bond acceptors (Lipinski definition) is 3. The fourth-order valence-electron chi connectivity index (χ4n) is 3.91. The number of halogens is 2. The van der Waals surface area contributed by atoms with Crippen LogP contribution < -0.4 is 5.32 Å². The van der Waals surface area contributed by atoms with Gasteiger partial charge < -0.3 is 10.2 Å². The minimum absolute atomic E-state index is 0. The molecule has 0 unspecified atom stereocenters. The molecule has 5 nitrogen and oxygen atoms in total. The number of benzene rings is 1. The lowest BCUT2D eigenvalue weighted by molar-refractivity contribution is -0.136. The van der Waals surface area contributed by atoms with Gasteiger partial charge in [0.25, 0.3) is 0 Å². The summed E-state index contributed by atoms with van der Waals surface area (Å²) in [6, 6.07) is 6.26. The van der Waals surface area contributed by atoms with Gasteiger partial charge in [0.1, 0.15) is 0 Å². The number of carbonyl (C=O) groups excluding carboxylic acids is 1. The molecule has 2 atom stereocenters. The first-order valence-corrected chi connectivity index (χ1v) is 9.17. The summed E-state index contributed by atoms with van der Waals surface area (Å²) in [6.45, 7) is 3.10. The third-order valence-corrected chi connectivity index (χ3v) is 5.95. The number of nitrogens with one attached hydrogen (secondary N) is 1. The standard InChI is InChI=1S/C18H21BrN4O.ClH/c1-22-10-13(7-21-22)15-8-20-9-16(15)18(24)23-6-5-14-12(11-23)3-2-4-17(14)19;/h2-4,7,10,15-16,20H,5-6,8-9,11H2,1H3;1H/t15-,16+;/m1./s1. The van der Waals surface area contributed by atoms with Crippen molar-refractivity contribution in [3.8, 4) is 0 Å². The number of aryl methyl sites for hydroxylation is 1. The summed E-state index contributed by atoms with van der Waals surface area (Å²) in [5.41, 5.74) is 3.75. The molecule has 3 heterocycles. The van der Waals surface area contributed by atoms with Crippen molar-refractivity contribution >= 4 is 34.2 Å². The SMILES string of the molecule is Cl.Cn1cc([C@H]2CNC[C@@H]2C(=O)N2CCc3c(Br)cccc3C2)cn1. The zero-order valence-electron chi connectivity index (χ0n) is 14.1. The first-order valence-electron chi connectivity index (χ1n) is 8.38. The number of carbonyl (C=O) groups is 1. The van der Waals surface area contributed by atoms with E-state index in [9.17, 15) is 4.79 Å². The molecule has 1 aromatic heterocycles. The Hall–Kier alpha value is -1.37. The van der Waals surface area contributed by atoms with Gasteiger partial charge in [-0.1, -0.05) is 28.1 Å². The zero-order valence-corrected chi connectivity index (χ0v) is 16.5. The predicted molar refractivity (Wildman–Crippen MR) is 103 cm³/mol. The van der Waals surface area contributed by atoms with Gasteiger partial charge in [0.15, 0.2) is 0 Å². The third-order valence-electron chi connectivity index (χ3n) is 5.20. The van der Waals surface area contributed by atoms with Crippen molar-refractivity contribution in [3.05, 3.63) is 51.8 Å². The van der Waals surface area contributed by atoms with Crippen LogP contribution in [0.2, 0.25) is 0 Å². The Morgan fingerprint density at radius 3 is 2.96 bits per heavy atom. The molecule has 0 radical (unpaired) electrons. The smallest absolute Gasteiger partial charge is 0.227 e. The fourth-order valence-corrected chi connectivity index (χ4v) is 4.51. The van der Waals surface area contributed by atoms with E-state index in [2.05, 4.69) is 38.5 Å². The molecule has 2 aliphatic rings. The Kier molecular flexibility index (Phi) is 5.51. The lowest BCUT2D eigenvalue weighted by Gasteiger charge is -2.32. The normalized spacial score (nSPS) is 22.4. The van der Waals surface area contributed by atoms with Gasteiger partial charge in [0, 0.05) is 49.8 Å². The van der Waals surface area contributed by atoms with Crippen molar-refractivity contribution < 1.29 is 4.79 Å². The van der Waals surface area contributed by atoms with Gasteiger partial charge in [-0.2, -0.15) is 5.10 Å². The van der Waals surface area contributed by atoms with Gasteiger partial charge in [-0.3, -0.25) is 9.48 Å². The number of nitrogens with zero attached hydrogens (tertiary/aromatic N) is 3. The number of rotatable bonds is 2. The van der Waals surface area contributed by atoms with E-state index in [1.54, 1.807) is 0 Å². The lowest BCUT2D eigenvalue weighted by atomic mass is 9.89. The van der Waals surface area contributed by atoms with Crippen molar-refractivity contribution in [2.24, 2.45) is 13.0 Å². The second kappa shape index (κ2) is 7.48. The zero-order chi connectivity index (χ0) is 16.7. The van der Waals surface area contributed by atoms with Crippen LogP contribution in [-0.2, 0) is 24.8 Å². The quantitative estimate of drug-likeness (QED) is 0.804. The highest BCUT2D eigenvalue weighted by atomic mass is 79.9. The Labute approximate surface area is 162 Å². The summed E-state index contributed by atoms with van der Waals surface area (Å²) in [5, 5.41) is 7.65. The van der Waals surface area contributed by atoms with Crippen LogP contribution in [0.25, 0.3) is 0 Å². The molecular weight excluding hydrogens is 404 g/mol. The Bertz CT molecular complexity index is 778. The summed E-state index contributed by atoms with van der Waals surface area (Å²) in [5.74, 6) is 0.484. The van der Waals surface area contributed by atoms with E-state index in [1.807, 2.05) is 35.1 Å². The molecule has 1 fully saturated rings. The van der Waals surface area contributed by atoms with E-state index in [0.29, 0.717) is 6.54 Å². The number of fused-ring (bicyclic) bond motifs is 1. The minimum Gasteiger partial charge on any atom is -0.338 e. The predicted octanol–water partition coefficient (Wildman–Crippen LogP) is 2.49. The maximum Gasteiger partial charge on any atom is 0.227 e. The number of aromatic nitrogens is 2. The average Bonchev–Trinajstić information content (AvgIpc) is 3.22. The van der Waals surface area contributed by atoms with Gasteiger partial charge in [-0.05, 0) is 29.2 Å². The Morgan fingerprint density at radius 2 is 2.20 bits per heavy atom. The molecule has 1 saturated heterocycles. The molecule has 0 saturated carbocycles. The maximum absolute atomic E-state index is 13.1. The first-order chi connectivity index (χ1) is 11.6. The van der Waals surface area contributed by atoms with Crippen molar-refractivity contribution in [3.63, 3.8) is 0 Å². The first kappa shape index (κ1) is 18.4. The van der Waals surface area contributed by atoms with E-state index in [1.165, 1.54) is 11.1 Å². The van der Waals surface area contributed by atoms with Crippen LogP contribution in [0.3, 0.4) is 0 Å². The van der Waals surface area contributed by atoms with Gasteiger partial charge in [0.05, 0.1) is 12.1 Å². The van der Waals surface area contributed by atoms with Crippen LogP contribution in [0, 0.1) is 5.92 Å². The summed E-state index contributed by atoms with van der Waals surface area (Å²) >= 11 is 3.62. The van der Waals surface area contributed by atoms with E-state index >= 15 is 0 Å². The van der Waals surface area contributed by atoms with Gasteiger partial charge in [0.2, 0.25) is 5.91 Å². The molecule has 2 aliphatic heterocycles. The Morgan fingerprint density at radius 1 is 1.36 bits per heavy atom. The molecule has 7 heteroatoms. The van der Waals surface area contributed by atoms with E-state index < -0.39 is 0 Å². The molecule has 0 spiro atoms. The molecule has 0 aliphatic carbocycles. The van der Waals surface area contributed by atoms with Gasteiger partial charge in [-0.25, -0.2) is 0 Å². The summed E-state index contributed by atoms with van der Waals surface area (Å²) in [4.78, 5) is 15.2. The molecular formula is C18H22BrClN4O. The highest BCUT2D eigenvalue weighted by molar-refractivity contribution is 9.10.